The van der Waals surface area contributed by atoms with Gasteiger partial charge in [0.05, 0.1) is 11.6 Å². The van der Waals surface area contributed by atoms with Crippen LogP contribution in [0.3, 0.4) is 0 Å². The Hall–Kier alpha value is -2.96. The molecule has 0 aliphatic carbocycles. The van der Waals surface area contributed by atoms with Crippen LogP contribution in [0.15, 0.2) is 42.9 Å². The molecule has 0 saturated heterocycles. The maximum Gasteiger partial charge on any atom is 0.318 e. The minimum absolute atomic E-state index is 0.142. The summed E-state index contributed by atoms with van der Waals surface area (Å²) >= 11 is 0. The third kappa shape index (κ3) is 4.61. The highest BCUT2D eigenvalue weighted by Gasteiger charge is 2.22. The van der Waals surface area contributed by atoms with Crippen molar-refractivity contribution in [3.8, 4) is 0 Å². The van der Waals surface area contributed by atoms with Gasteiger partial charge in [0, 0.05) is 32.2 Å². The lowest BCUT2D eigenvalue weighted by Gasteiger charge is -2.24. The standard InChI is InChI=1S/C20H26N6O/c1-14(2)9-18(19-22-13-23-26(19)4)24-20(27)25(3)12-15-10-16-7-5-6-8-17(16)21-11-15/h5-8,10-11,13-14,18H,9,12H2,1-4H3,(H,24,27)/t18-/m1/s1. The number of carbonyl (C=O) groups is 1. The van der Waals surface area contributed by atoms with E-state index in [1.54, 1.807) is 16.6 Å². The molecule has 2 aromatic heterocycles. The second-order valence-electron chi connectivity index (χ2n) is 7.27. The van der Waals surface area contributed by atoms with E-state index in [1.165, 1.54) is 6.33 Å². The first kappa shape index (κ1) is 18.8. The lowest BCUT2D eigenvalue weighted by Crippen LogP contribution is -2.40. The Morgan fingerprint density at radius 2 is 2.04 bits per heavy atom. The summed E-state index contributed by atoms with van der Waals surface area (Å²) in [4.78, 5) is 23.2. The number of nitrogens with zero attached hydrogens (tertiary/aromatic N) is 5. The number of aryl methyl sites for hydroxylation is 1. The first-order valence-electron chi connectivity index (χ1n) is 9.13. The number of hydrogen-bond acceptors (Lipinski definition) is 4. The number of carbonyl (C=O) groups excluding carboxylic acids is 1. The summed E-state index contributed by atoms with van der Waals surface area (Å²) < 4.78 is 1.71. The van der Waals surface area contributed by atoms with Crippen molar-refractivity contribution in [3.05, 3.63) is 54.2 Å². The monoisotopic (exact) mass is 366 g/mol. The highest BCUT2D eigenvalue weighted by Crippen LogP contribution is 2.19. The number of para-hydroxylation sites is 1. The van der Waals surface area contributed by atoms with Gasteiger partial charge >= 0.3 is 6.03 Å². The zero-order valence-corrected chi connectivity index (χ0v) is 16.3. The van der Waals surface area contributed by atoms with Crippen molar-refractivity contribution in [1.29, 1.82) is 0 Å². The van der Waals surface area contributed by atoms with Crippen LogP contribution in [-0.4, -0.2) is 37.7 Å². The molecule has 7 heteroatoms. The van der Waals surface area contributed by atoms with E-state index >= 15 is 0 Å². The van der Waals surface area contributed by atoms with Gasteiger partial charge in [-0.05, 0) is 30.0 Å². The van der Waals surface area contributed by atoms with Gasteiger partial charge in [0.25, 0.3) is 0 Å². The maximum atomic E-state index is 12.7. The Morgan fingerprint density at radius 1 is 1.26 bits per heavy atom. The largest absolute Gasteiger partial charge is 0.328 e. The molecule has 7 nitrogen and oxygen atoms in total. The number of amides is 2. The van der Waals surface area contributed by atoms with Gasteiger partial charge in [-0.25, -0.2) is 9.78 Å². The number of pyridine rings is 1. The highest BCUT2D eigenvalue weighted by atomic mass is 16.2. The lowest BCUT2D eigenvalue weighted by molar-refractivity contribution is 0.199. The predicted molar refractivity (Wildman–Crippen MR) is 105 cm³/mol. The Labute approximate surface area is 159 Å². The van der Waals surface area contributed by atoms with Crippen LogP contribution >= 0.6 is 0 Å². The van der Waals surface area contributed by atoms with E-state index in [9.17, 15) is 4.79 Å². The van der Waals surface area contributed by atoms with Crippen molar-refractivity contribution in [3.63, 3.8) is 0 Å². The zero-order valence-electron chi connectivity index (χ0n) is 16.3. The highest BCUT2D eigenvalue weighted by molar-refractivity contribution is 5.79. The number of rotatable bonds is 6. The molecule has 2 amide bonds. The van der Waals surface area contributed by atoms with Gasteiger partial charge < -0.3 is 10.2 Å². The number of urea groups is 1. The van der Waals surface area contributed by atoms with Crippen LogP contribution in [0.1, 0.15) is 37.7 Å². The van der Waals surface area contributed by atoms with Crippen molar-refractivity contribution < 1.29 is 4.79 Å². The number of nitrogens with one attached hydrogen (secondary N) is 1. The van der Waals surface area contributed by atoms with E-state index in [1.807, 2.05) is 37.5 Å². The van der Waals surface area contributed by atoms with E-state index in [-0.39, 0.29) is 12.1 Å². The smallest absolute Gasteiger partial charge is 0.318 e. The molecule has 0 spiro atoms. The Balaban J connectivity index is 1.70. The molecule has 142 valence electrons. The van der Waals surface area contributed by atoms with E-state index in [4.69, 9.17) is 0 Å². The summed E-state index contributed by atoms with van der Waals surface area (Å²) in [7, 11) is 3.62. The molecule has 1 aromatic carbocycles. The first-order valence-corrected chi connectivity index (χ1v) is 9.13. The van der Waals surface area contributed by atoms with Gasteiger partial charge in [0.1, 0.15) is 12.2 Å². The Bertz CT molecular complexity index is 919. The second-order valence-corrected chi connectivity index (χ2v) is 7.27. The summed E-state index contributed by atoms with van der Waals surface area (Å²) in [5.41, 5.74) is 1.94. The summed E-state index contributed by atoms with van der Waals surface area (Å²) in [5, 5.41) is 8.29. The molecule has 0 bridgehead atoms. The molecule has 0 aliphatic heterocycles. The fraction of sp³-hybridized carbons (Fsp3) is 0.400. The van der Waals surface area contributed by atoms with Crippen LogP contribution in [0, 0.1) is 5.92 Å². The lowest BCUT2D eigenvalue weighted by atomic mass is 10.0. The molecule has 0 fully saturated rings. The third-order valence-electron chi connectivity index (χ3n) is 4.48. The van der Waals surface area contributed by atoms with Crippen LogP contribution < -0.4 is 5.32 Å². The van der Waals surface area contributed by atoms with Crippen molar-refractivity contribution >= 4 is 16.9 Å². The maximum absolute atomic E-state index is 12.7. The molecular formula is C20H26N6O. The first-order chi connectivity index (χ1) is 12.9. The summed E-state index contributed by atoms with van der Waals surface area (Å²) in [6, 6.07) is 9.71. The van der Waals surface area contributed by atoms with Gasteiger partial charge in [-0.2, -0.15) is 5.10 Å². The van der Waals surface area contributed by atoms with Crippen LogP contribution in [0.25, 0.3) is 10.9 Å². The number of aromatic nitrogens is 4. The minimum atomic E-state index is -0.179. The van der Waals surface area contributed by atoms with Crippen molar-refractivity contribution in [2.24, 2.45) is 13.0 Å². The Morgan fingerprint density at radius 3 is 2.74 bits per heavy atom. The third-order valence-corrected chi connectivity index (χ3v) is 4.48. The van der Waals surface area contributed by atoms with Crippen LogP contribution in [0.2, 0.25) is 0 Å². The molecule has 3 aromatic rings. The normalized spacial score (nSPS) is 12.3. The van der Waals surface area contributed by atoms with E-state index in [0.29, 0.717) is 12.5 Å². The molecule has 1 atom stereocenters. The number of fused-ring (bicyclic) bond motifs is 1. The van der Waals surface area contributed by atoms with Gasteiger partial charge in [-0.15, -0.1) is 0 Å². The van der Waals surface area contributed by atoms with Crippen molar-refractivity contribution in [2.75, 3.05) is 7.05 Å². The molecule has 2 heterocycles. The van der Waals surface area contributed by atoms with E-state index in [2.05, 4.69) is 40.3 Å². The minimum Gasteiger partial charge on any atom is -0.328 e. The van der Waals surface area contributed by atoms with Crippen molar-refractivity contribution in [2.45, 2.75) is 32.9 Å². The number of hydrogen-bond donors (Lipinski definition) is 1. The summed E-state index contributed by atoms with van der Waals surface area (Å²) in [6.45, 7) is 4.73. The fourth-order valence-corrected chi connectivity index (χ4v) is 3.13. The molecule has 0 unspecified atom stereocenters. The molecular weight excluding hydrogens is 340 g/mol. The second kappa shape index (κ2) is 8.16. The molecule has 0 aliphatic rings. The number of benzene rings is 1. The summed E-state index contributed by atoms with van der Waals surface area (Å²) in [5.74, 6) is 1.18. The topological polar surface area (TPSA) is 75.9 Å². The van der Waals surface area contributed by atoms with E-state index < -0.39 is 0 Å². The molecule has 27 heavy (non-hydrogen) atoms. The van der Waals surface area contributed by atoms with Gasteiger partial charge in [-0.3, -0.25) is 9.67 Å². The van der Waals surface area contributed by atoms with Gasteiger partial charge in [0.2, 0.25) is 0 Å². The fourth-order valence-electron chi connectivity index (χ4n) is 3.13. The Kier molecular flexibility index (Phi) is 5.69. The van der Waals surface area contributed by atoms with Crippen molar-refractivity contribution in [1.82, 2.24) is 30.0 Å². The average molecular weight is 366 g/mol. The van der Waals surface area contributed by atoms with Gasteiger partial charge in [-0.1, -0.05) is 32.0 Å². The molecule has 1 N–H and O–H groups in total. The summed E-state index contributed by atoms with van der Waals surface area (Å²) in [6.07, 6.45) is 4.13. The van der Waals surface area contributed by atoms with Crippen LogP contribution in [-0.2, 0) is 13.6 Å². The SMILES string of the molecule is CC(C)C[C@@H](NC(=O)N(C)Cc1cnc2ccccc2c1)c1ncnn1C. The predicted octanol–water partition coefficient (Wildman–Crippen LogP) is 3.29. The van der Waals surface area contributed by atoms with Crippen LogP contribution in [0.5, 0.6) is 0 Å². The average Bonchev–Trinajstić information content (AvgIpc) is 3.06. The van der Waals surface area contributed by atoms with E-state index in [0.717, 1.165) is 28.7 Å². The van der Waals surface area contributed by atoms with Crippen LogP contribution in [0.4, 0.5) is 4.79 Å². The zero-order chi connectivity index (χ0) is 19.4. The van der Waals surface area contributed by atoms with Gasteiger partial charge in [0.15, 0.2) is 0 Å². The molecule has 3 rings (SSSR count). The quantitative estimate of drug-likeness (QED) is 0.726. The molecule has 0 saturated carbocycles. The molecule has 0 radical (unpaired) electrons.